The number of aromatic nitrogens is 4. The third-order valence-corrected chi connectivity index (χ3v) is 9.03. The van der Waals surface area contributed by atoms with Gasteiger partial charge in [-0.15, -0.1) is 11.6 Å². The summed E-state index contributed by atoms with van der Waals surface area (Å²) in [6.45, 7) is 7.89. The van der Waals surface area contributed by atoms with Crippen molar-refractivity contribution in [3.63, 3.8) is 0 Å². The fourth-order valence-electron chi connectivity index (χ4n) is 5.90. The third-order valence-electron chi connectivity index (χ3n) is 8.57. The van der Waals surface area contributed by atoms with E-state index in [2.05, 4.69) is 27.3 Å². The van der Waals surface area contributed by atoms with Crippen molar-refractivity contribution in [2.75, 3.05) is 6.54 Å². The summed E-state index contributed by atoms with van der Waals surface area (Å²) in [5.74, 6) is 0.473. The molecular formula is C28H31ClN6O3. The molecule has 0 radical (unpaired) electrons. The standard InChI is InChI=1S/C28H31ClN6O3/c1-15(36)25-20-7-17(18-11-30-16(2)31-12-18)5-6-21(20)34(33-25)14-24(37)35-22(9-27(3)10-23(27)35)26(38)32-13-19-8-28(19,4)29/h5-7,11-12,19,22-23H,8-10,13-14H2,1-4H3,(H,32,38)/t19?,22-,23+,27-,28?/m0/s1. The van der Waals surface area contributed by atoms with Crippen LogP contribution in [0.2, 0.25) is 0 Å². The molecule has 3 aliphatic rings. The Morgan fingerprint density at radius 1 is 1.11 bits per heavy atom. The Bertz CT molecular complexity index is 1480. The highest BCUT2D eigenvalue weighted by Crippen LogP contribution is 2.59. The molecule has 1 aromatic carbocycles. The lowest BCUT2D eigenvalue weighted by atomic mass is 10.0. The van der Waals surface area contributed by atoms with Crippen molar-refractivity contribution in [2.45, 2.75) is 70.5 Å². The molecular weight excluding hydrogens is 504 g/mol. The fraction of sp³-hybridized carbons (Fsp3) is 0.500. The van der Waals surface area contributed by atoms with E-state index in [0.717, 1.165) is 24.0 Å². The minimum absolute atomic E-state index is 0.0278. The molecule has 10 heteroatoms. The molecule has 38 heavy (non-hydrogen) atoms. The molecule has 0 bridgehead atoms. The average molecular weight is 535 g/mol. The maximum Gasteiger partial charge on any atom is 0.245 e. The summed E-state index contributed by atoms with van der Waals surface area (Å²) in [6.07, 6.45) is 5.91. The minimum Gasteiger partial charge on any atom is -0.354 e. The first-order valence-electron chi connectivity index (χ1n) is 13.1. The Morgan fingerprint density at radius 2 is 1.82 bits per heavy atom. The lowest BCUT2D eigenvalue weighted by molar-refractivity contribution is -0.140. The van der Waals surface area contributed by atoms with Crippen LogP contribution >= 0.6 is 11.6 Å². The molecule has 5 atom stereocenters. The van der Waals surface area contributed by atoms with Crippen molar-refractivity contribution in [1.29, 1.82) is 0 Å². The zero-order valence-corrected chi connectivity index (χ0v) is 22.7. The number of Topliss-reactive ketones (excluding diaryl/α,β-unsaturated/α-hetero) is 1. The average Bonchev–Trinajstić information content (AvgIpc) is 3.60. The van der Waals surface area contributed by atoms with Crippen molar-refractivity contribution in [2.24, 2.45) is 11.3 Å². The van der Waals surface area contributed by atoms with Crippen LogP contribution in [0.25, 0.3) is 22.0 Å². The van der Waals surface area contributed by atoms with E-state index in [4.69, 9.17) is 11.6 Å². The molecule has 2 amide bonds. The maximum absolute atomic E-state index is 13.7. The van der Waals surface area contributed by atoms with Gasteiger partial charge in [0, 0.05) is 47.7 Å². The monoisotopic (exact) mass is 534 g/mol. The molecule has 0 spiro atoms. The molecule has 3 aromatic rings. The molecule has 1 N–H and O–H groups in total. The Kier molecular flexibility index (Phi) is 5.65. The first-order valence-corrected chi connectivity index (χ1v) is 13.4. The van der Waals surface area contributed by atoms with Crippen LogP contribution in [0.4, 0.5) is 0 Å². The highest BCUT2D eigenvalue weighted by molar-refractivity contribution is 6.26. The van der Waals surface area contributed by atoms with Gasteiger partial charge in [-0.25, -0.2) is 9.97 Å². The Balaban J connectivity index is 1.25. The number of amides is 2. The second-order valence-electron chi connectivity index (χ2n) is 11.6. The number of halogens is 1. The number of nitrogens with one attached hydrogen (secondary N) is 1. The van der Waals surface area contributed by atoms with Gasteiger partial charge in [0.1, 0.15) is 24.1 Å². The molecule has 2 aromatic heterocycles. The number of aryl methyl sites for hydroxylation is 1. The van der Waals surface area contributed by atoms with E-state index in [1.54, 1.807) is 22.0 Å². The number of alkyl halides is 1. The van der Waals surface area contributed by atoms with Crippen LogP contribution in [-0.4, -0.2) is 65.7 Å². The van der Waals surface area contributed by atoms with Crippen molar-refractivity contribution < 1.29 is 14.4 Å². The smallest absolute Gasteiger partial charge is 0.245 e. The third kappa shape index (κ3) is 4.26. The van der Waals surface area contributed by atoms with Gasteiger partial charge in [-0.2, -0.15) is 5.10 Å². The van der Waals surface area contributed by atoms with Gasteiger partial charge in [-0.05, 0) is 62.1 Å². The van der Waals surface area contributed by atoms with Crippen LogP contribution < -0.4 is 5.32 Å². The molecule has 9 nitrogen and oxygen atoms in total. The van der Waals surface area contributed by atoms with Crippen molar-refractivity contribution in [1.82, 2.24) is 30.0 Å². The molecule has 2 saturated carbocycles. The van der Waals surface area contributed by atoms with Crippen LogP contribution in [0.1, 0.15) is 56.3 Å². The highest BCUT2D eigenvalue weighted by Gasteiger charge is 2.64. The predicted molar refractivity (Wildman–Crippen MR) is 143 cm³/mol. The van der Waals surface area contributed by atoms with E-state index in [0.29, 0.717) is 35.4 Å². The number of likely N-dealkylation sites (tertiary alicyclic amines) is 1. The van der Waals surface area contributed by atoms with Gasteiger partial charge in [-0.1, -0.05) is 13.0 Å². The number of benzene rings is 1. The summed E-state index contributed by atoms with van der Waals surface area (Å²) >= 11 is 6.34. The van der Waals surface area contributed by atoms with Crippen LogP contribution in [-0.2, 0) is 16.1 Å². The van der Waals surface area contributed by atoms with Gasteiger partial charge in [-0.3, -0.25) is 19.1 Å². The van der Waals surface area contributed by atoms with Gasteiger partial charge in [0.15, 0.2) is 5.78 Å². The lowest BCUT2D eigenvalue weighted by Crippen LogP contribution is -2.49. The number of rotatable bonds is 7. The Hall–Kier alpha value is -3.33. The number of carbonyl (C=O) groups excluding carboxylic acids is 3. The van der Waals surface area contributed by atoms with Gasteiger partial charge in [0.2, 0.25) is 11.8 Å². The quantitative estimate of drug-likeness (QED) is 0.367. The number of carbonyl (C=O) groups is 3. The van der Waals surface area contributed by atoms with E-state index < -0.39 is 6.04 Å². The second kappa shape index (κ2) is 8.59. The van der Waals surface area contributed by atoms with Crippen LogP contribution in [0.15, 0.2) is 30.6 Å². The molecule has 1 aliphatic heterocycles. The van der Waals surface area contributed by atoms with Crippen molar-refractivity contribution >= 4 is 40.1 Å². The molecule has 1 saturated heterocycles. The Morgan fingerprint density at radius 3 is 2.47 bits per heavy atom. The molecule has 198 valence electrons. The minimum atomic E-state index is -0.506. The van der Waals surface area contributed by atoms with Gasteiger partial charge >= 0.3 is 0 Å². The van der Waals surface area contributed by atoms with Gasteiger partial charge < -0.3 is 10.2 Å². The molecule has 3 heterocycles. The van der Waals surface area contributed by atoms with Crippen LogP contribution in [0.5, 0.6) is 0 Å². The molecule has 3 fully saturated rings. The van der Waals surface area contributed by atoms with E-state index in [1.807, 2.05) is 32.0 Å². The van der Waals surface area contributed by atoms with Crippen LogP contribution in [0, 0.1) is 18.3 Å². The topological polar surface area (TPSA) is 110 Å². The summed E-state index contributed by atoms with van der Waals surface area (Å²) in [4.78, 5) is 49.3. The number of hydrogen-bond acceptors (Lipinski definition) is 6. The van der Waals surface area contributed by atoms with E-state index in [-0.39, 0.29) is 46.4 Å². The summed E-state index contributed by atoms with van der Waals surface area (Å²) in [7, 11) is 0. The first kappa shape index (κ1) is 25.0. The number of piperidine rings is 1. The van der Waals surface area contributed by atoms with E-state index in [9.17, 15) is 14.4 Å². The van der Waals surface area contributed by atoms with Gasteiger partial charge in [0.05, 0.1) is 5.52 Å². The summed E-state index contributed by atoms with van der Waals surface area (Å²) in [6, 6.07) is 5.21. The summed E-state index contributed by atoms with van der Waals surface area (Å²) < 4.78 is 1.58. The van der Waals surface area contributed by atoms with Crippen molar-refractivity contribution in [3.05, 3.63) is 42.1 Å². The summed E-state index contributed by atoms with van der Waals surface area (Å²) in [5.41, 5.74) is 2.66. The number of ketones is 1. The van der Waals surface area contributed by atoms with E-state index in [1.165, 1.54) is 6.92 Å². The SMILES string of the molecule is CC(=O)c1nn(CC(=O)N2[C@H](C(=O)NCC3CC3(C)Cl)C[C@@]3(C)C[C@@H]23)c2ccc(-c3cnc(C)nc3)cc12. The number of hydrogen-bond donors (Lipinski definition) is 1. The van der Waals surface area contributed by atoms with Crippen LogP contribution in [0.3, 0.4) is 0 Å². The first-order chi connectivity index (χ1) is 18.0. The molecule has 2 unspecified atom stereocenters. The zero-order chi connectivity index (χ0) is 27.0. The predicted octanol–water partition coefficient (Wildman–Crippen LogP) is 3.52. The molecule has 2 aliphatic carbocycles. The lowest BCUT2D eigenvalue weighted by Gasteiger charge is -2.27. The van der Waals surface area contributed by atoms with Crippen molar-refractivity contribution in [3.8, 4) is 11.1 Å². The van der Waals surface area contributed by atoms with E-state index >= 15 is 0 Å². The highest BCUT2D eigenvalue weighted by atomic mass is 35.5. The maximum atomic E-state index is 13.7. The normalized spacial score (nSPS) is 29.3. The largest absolute Gasteiger partial charge is 0.354 e. The van der Waals surface area contributed by atoms with Gasteiger partial charge in [0.25, 0.3) is 0 Å². The zero-order valence-electron chi connectivity index (χ0n) is 22.0. The number of nitrogens with zero attached hydrogens (tertiary/aromatic N) is 5. The molecule has 6 rings (SSSR count). The Labute approximate surface area is 226 Å². The summed E-state index contributed by atoms with van der Waals surface area (Å²) in [5, 5.41) is 8.23. The number of fused-ring (bicyclic) bond motifs is 2. The second-order valence-corrected chi connectivity index (χ2v) is 12.5. The fourth-order valence-corrected chi connectivity index (χ4v) is 6.16.